The zero-order valence-corrected chi connectivity index (χ0v) is 15.6. The van der Waals surface area contributed by atoms with E-state index in [1.807, 2.05) is 0 Å². The predicted molar refractivity (Wildman–Crippen MR) is 96.0 cm³/mol. The SMILES string of the molecule is Cc1ccccc1S(=O)(=O)N1CCCN(c2ncccc2C(F)(F)F)CC1. The van der Waals surface area contributed by atoms with Crippen molar-refractivity contribution in [3.63, 3.8) is 0 Å². The lowest BCUT2D eigenvalue weighted by Gasteiger charge is -2.25. The Bertz CT molecular complexity index is 916. The van der Waals surface area contributed by atoms with E-state index < -0.39 is 21.8 Å². The van der Waals surface area contributed by atoms with Gasteiger partial charge >= 0.3 is 6.18 Å². The zero-order chi connectivity index (χ0) is 19.7. The van der Waals surface area contributed by atoms with Crippen molar-refractivity contribution in [3.8, 4) is 0 Å². The molecule has 1 aliphatic rings. The number of halogens is 3. The van der Waals surface area contributed by atoms with Crippen LogP contribution < -0.4 is 4.90 Å². The van der Waals surface area contributed by atoms with Crippen molar-refractivity contribution in [2.24, 2.45) is 0 Å². The minimum Gasteiger partial charge on any atom is -0.355 e. The zero-order valence-electron chi connectivity index (χ0n) is 14.8. The lowest BCUT2D eigenvalue weighted by Crippen LogP contribution is -2.36. The number of aryl methyl sites for hydroxylation is 1. The molecule has 5 nitrogen and oxygen atoms in total. The first-order valence-corrected chi connectivity index (χ1v) is 9.98. The van der Waals surface area contributed by atoms with Crippen LogP contribution in [0.5, 0.6) is 0 Å². The van der Waals surface area contributed by atoms with Crippen molar-refractivity contribution in [2.75, 3.05) is 31.1 Å². The minimum atomic E-state index is -4.51. The molecular weight excluding hydrogens is 379 g/mol. The lowest BCUT2D eigenvalue weighted by molar-refractivity contribution is -0.137. The summed E-state index contributed by atoms with van der Waals surface area (Å²) in [4.78, 5) is 5.65. The molecule has 1 aliphatic heterocycles. The van der Waals surface area contributed by atoms with Gasteiger partial charge in [-0.15, -0.1) is 0 Å². The molecule has 1 aromatic heterocycles. The van der Waals surface area contributed by atoms with Gasteiger partial charge in [-0.1, -0.05) is 18.2 Å². The monoisotopic (exact) mass is 399 g/mol. The number of hydrogen-bond acceptors (Lipinski definition) is 4. The van der Waals surface area contributed by atoms with Crippen LogP contribution >= 0.6 is 0 Å². The molecule has 1 fully saturated rings. The molecule has 0 amide bonds. The summed E-state index contributed by atoms with van der Waals surface area (Å²) in [6.07, 6.45) is -2.78. The Hall–Kier alpha value is -2.13. The second-order valence-corrected chi connectivity index (χ2v) is 8.29. The summed E-state index contributed by atoms with van der Waals surface area (Å²) in [6, 6.07) is 8.94. The Labute approximate surface area is 156 Å². The van der Waals surface area contributed by atoms with E-state index in [1.165, 1.54) is 21.5 Å². The Morgan fingerprint density at radius 3 is 2.44 bits per heavy atom. The molecule has 2 aromatic rings. The summed E-state index contributed by atoms with van der Waals surface area (Å²) in [6.45, 7) is 2.53. The van der Waals surface area contributed by atoms with Crippen LogP contribution in [0.15, 0.2) is 47.5 Å². The van der Waals surface area contributed by atoms with Crippen LogP contribution in [-0.4, -0.2) is 43.9 Å². The van der Waals surface area contributed by atoms with E-state index in [0.29, 0.717) is 18.5 Å². The summed E-state index contributed by atoms with van der Waals surface area (Å²) < 4.78 is 67.0. The van der Waals surface area contributed by atoms with Crippen LogP contribution in [0.3, 0.4) is 0 Å². The summed E-state index contributed by atoms with van der Waals surface area (Å²) in [5.41, 5.74) is -0.164. The fourth-order valence-electron chi connectivity index (χ4n) is 3.20. The van der Waals surface area contributed by atoms with E-state index in [1.54, 1.807) is 31.2 Å². The highest BCUT2D eigenvalue weighted by Crippen LogP contribution is 2.35. The van der Waals surface area contributed by atoms with Crippen molar-refractivity contribution in [1.29, 1.82) is 0 Å². The second-order valence-electron chi connectivity index (χ2n) is 6.38. The molecule has 27 heavy (non-hydrogen) atoms. The molecule has 0 spiro atoms. The van der Waals surface area contributed by atoms with Crippen LogP contribution in [-0.2, 0) is 16.2 Å². The number of rotatable bonds is 3. The summed E-state index contributed by atoms with van der Waals surface area (Å²) >= 11 is 0. The third kappa shape index (κ3) is 4.08. The molecule has 0 aliphatic carbocycles. The number of nitrogens with zero attached hydrogens (tertiary/aromatic N) is 3. The smallest absolute Gasteiger partial charge is 0.355 e. The summed E-state index contributed by atoms with van der Waals surface area (Å²) in [7, 11) is -3.70. The molecule has 0 atom stereocenters. The molecule has 0 unspecified atom stereocenters. The van der Waals surface area contributed by atoms with Crippen LogP contribution in [0.2, 0.25) is 0 Å². The first kappa shape index (κ1) is 19.6. The molecular formula is C18H20F3N3O2S. The van der Waals surface area contributed by atoms with Gasteiger partial charge in [0.15, 0.2) is 0 Å². The number of anilines is 1. The van der Waals surface area contributed by atoms with Gasteiger partial charge < -0.3 is 4.90 Å². The fourth-order valence-corrected chi connectivity index (χ4v) is 4.90. The lowest BCUT2D eigenvalue weighted by atomic mass is 10.2. The Balaban J connectivity index is 1.84. The van der Waals surface area contributed by atoms with Crippen molar-refractivity contribution in [2.45, 2.75) is 24.4 Å². The molecule has 0 radical (unpaired) electrons. The molecule has 3 rings (SSSR count). The van der Waals surface area contributed by atoms with Crippen LogP contribution in [0, 0.1) is 6.92 Å². The van der Waals surface area contributed by atoms with Crippen molar-refractivity contribution in [3.05, 3.63) is 53.7 Å². The normalized spacial score (nSPS) is 17.0. The van der Waals surface area contributed by atoms with Gasteiger partial charge in [-0.2, -0.15) is 17.5 Å². The number of sulfonamides is 1. The van der Waals surface area contributed by atoms with E-state index in [0.717, 1.165) is 6.07 Å². The molecule has 2 heterocycles. The van der Waals surface area contributed by atoms with Crippen LogP contribution in [0.1, 0.15) is 17.5 Å². The first-order valence-electron chi connectivity index (χ1n) is 8.54. The van der Waals surface area contributed by atoms with Crippen molar-refractivity contribution in [1.82, 2.24) is 9.29 Å². The highest BCUT2D eigenvalue weighted by atomic mass is 32.2. The van der Waals surface area contributed by atoms with Crippen LogP contribution in [0.25, 0.3) is 0 Å². The predicted octanol–water partition coefficient (Wildman–Crippen LogP) is 3.31. The second kappa shape index (κ2) is 7.47. The third-order valence-corrected chi connectivity index (χ3v) is 6.62. The number of benzene rings is 1. The quantitative estimate of drug-likeness (QED) is 0.795. The third-order valence-electron chi connectivity index (χ3n) is 4.56. The van der Waals surface area contributed by atoms with Gasteiger partial charge in [0.05, 0.1) is 10.5 Å². The standard InChI is InChI=1S/C18H20F3N3O2S/c1-14-6-2-3-8-16(14)27(25,26)24-11-5-10-23(12-13-24)17-15(18(19,20)21)7-4-9-22-17/h2-4,6-9H,5,10-13H2,1H3. The van der Waals surface area contributed by atoms with Gasteiger partial charge in [-0.25, -0.2) is 13.4 Å². The topological polar surface area (TPSA) is 53.5 Å². The maximum atomic E-state index is 13.3. The minimum absolute atomic E-state index is 0.102. The summed E-state index contributed by atoms with van der Waals surface area (Å²) in [5.74, 6) is -0.153. The van der Waals surface area contributed by atoms with Crippen LogP contribution in [0.4, 0.5) is 19.0 Å². The average Bonchev–Trinajstić information content (AvgIpc) is 2.88. The average molecular weight is 399 g/mol. The number of pyridine rings is 1. The van der Waals surface area contributed by atoms with E-state index >= 15 is 0 Å². The maximum absolute atomic E-state index is 13.3. The van der Waals surface area contributed by atoms with Gasteiger partial charge in [0, 0.05) is 32.4 Å². The fraction of sp³-hybridized carbons (Fsp3) is 0.389. The van der Waals surface area contributed by atoms with E-state index in [-0.39, 0.29) is 30.3 Å². The molecule has 9 heteroatoms. The molecule has 0 bridgehead atoms. The highest BCUT2D eigenvalue weighted by molar-refractivity contribution is 7.89. The Morgan fingerprint density at radius 2 is 1.74 bits per heavy atom. The van der Waals surface area contributed by atoms with Crippen molar-refractivity contribution < 1.29 is 21.6 Å². The van der Waals surface area contributed by atoms with E-state index in [9.17, 15) is 21.6 Å². The van der Waals surface area contributed by atoms with Gasteiger partial charge in [0.1, 0.15) is 5.82 Å². The van der Waals surface area contributed by atoms with E-state index in [4.69, 9.17) is 0 Å². The van der Waals surface area contributed by atoms with Gasteiger partial charge in [0.2, 0.25) is 10.0 Å². The van der Waals surface area contributed by atoms with E-state index in [2.05, 4.69) is 4.98 Å². The highest BCUT2D eigenvalue weighted by Gasteiger charge is 2.36. The molecule has 1 saturated heterocycles. The van der Waals surface area contributed by atoms with Gasteiger partial charge in [0.25, 0.3) is 0 Å². The Kier molecular flexibility index (Phi) is 5.43. The Morgan fingerprint density at radius 1 is 1.00 bits per heavy atom. The van der Waals surface area contributed by atoms with Gasteiger partial charge in [-0.05, 0) is 37.1 Å². The number of aromatic nitrogens is 1. The molecule has 146 valence electrons. The molecule has 0 N–H and O–H groups in total. The molecule has 0 saturated carbocycles. The maximum Gasteiger partial charge on any atom is 0.419 e. The number of hydrogen-bond donors (Lipinski definition) is 0. The molecule has 1 aromatic carbocycles. The summed E-state index contributed by atoms with van der Waals surface area (Å²) in [5, 5.41) is 0. The largest absolute Gasteiger partial charge is 0.419 e. The number of alkyl halides is 3. The first-order chi connectivity index (χ1) is 12.7. The van der Waals surface area contributed by atoms with Gasteiger partial charge in [-0.3, -0.25) is 0 Å². The van der Waals surface area contributed by atoms with Crippen molar-refractivity contribution >= 4 is 15.8 Å².